The van der Waals surface area contributed by atoms with E-state index >= 15 is 0 Å². The normalized spacial score (nSPS) is 16.3. The van der Waals surface area contributed by atoms with Gasteiger partial charge >= 0.3 is 0 Å². The highest BCUT2D eigenvalue weighted by Crippen LogP contribution is 2.26. The second-order valence-corrected chi connectivity index (χ2v) is 7.51. The van der Waals surface area contributed by atoms with Crippen molar-refractivity contribution < 1.29 is 4.39 Å². The Morgan fingerprint density at radius 3 is 2.46 bits per heavy atom. The maximum Gasteiger partial charge on any atom is 0.149 e. The lowest BCUT2D eigenvalue weighted by Crippen LogP contribution is -2.43. The van der Waals surface area contributed by atoms with E-state index in [1.807, 2.05) is 17.7 Å². The summed E-state index contributed by atoms with van der Waals surface area (Å²) in [7, 11) is 1.98. The highest BCUT2D eigenvalue weighted by Gasteiger charge is 2.22. The second-order valence-electron chi connectivity index (χ2n) is 7.51. The minimum absolute atomic E-state index is 0.189. The van der Waals surface area contributed by atoms with Crippen LogP contribution in [0, 0.1) is 5.82 Å². The van der Waals surface area contributed by atoms with Gasteiger partial charge in [-0.25, -0.2) is 4.39 Å². The molecule has 2 heterocycles. The van der Waals surface area contributed by atoms with Gasteiger partial charge in [-0.15, -0.1) is 10.2 Å². The van der Waals surface area contributed by atoms with Gasteiger partial charge in [0.2, 0.25) is 0 Å². The first-order chi connectivity index (χ1) is 13.6. The molecule has 1 fully saturated rings. The fourth-order valence-corrected chi connectivity index (χ4v) is 3.95. The number of hydrogen-bond donors (Lipinski definition) is 1. The molecule has 0 radical (unpaired) electrons. The van der Waals surface area contributed by atoms with Crippen molar-refractivity contribution in [2.75, 3.05) is 18.0 Å². The number of nitrogens with one attached hydrogen (secondary N) is 1. The maximum atomic E-state index is 13.4. The van der Waals surface area contributed by atoms with Gasteiger partial charge < -0.3 is 14.8 Å². The van der Waals surface area contributed by atoms with Crippen molar-refractivity contribution in [3.05, 3.63) is 66.5 Å². The highest BCUT2D eigenvalue weighted by atomic mass is 19.1. The smallest absolute Gasteiger partial charge is 0.149 e. The molecule has 28 heavy (non-hydrogen) atoms. The summed E-state index contributed by atoms with van der Waals surface area (Å²) in [6, 6.07) is 15.8. The van der Waals surface area contributed by atoms with E-state index in [9.17, 15) is 4.39 Å². The van der Waals surface area contributed by atoms with Gasteiger partial charge in [-0.05, 0) is 55.2 Å². The monoisotopic (exact) mass is 379 g/mol. The molecule has 1 aromatic heterocycles. The van der Waals surface area contributed by atoms with Crippen LogP contribution in [0.25, 0.3) is 11.1 Å². The number of nitrogens with zero attached hydrogens (tertiary/aromatic N) is 4. The van der Waals surface area contributed by atoms with Crippen LogP contribution in [0.3, 0.4) is 0 Å². The third-order valence-electron chi connectivity index (χ3n) is 5.50. The zero-order valence-electron chi connectivity index (χ0n) is 16.3. The van der Waals surface area contributed by atoms with E-state index in [0.29, 0.717) is 6.04 Å². The van der Waals surface area contributed by atoms with E-state index in [1.54, 1.807) is 18.5 Å². The van der Waals surface area contributed by atoms with Crippen LogP contribution in [0.2, 0.25) is 0 Å². The first-order valence-electron chi connectivity index (χ1n) is 9.81. The van der Waals surface area contributed by atoms with Gasteiger partial charge in [0, 0.05) is 31.9 Å². The summed E-state index contributed by atoms with van der Waals surface area (Å²) in [5, 5.41) is 11.8. The average Bonchev–Trinajstić information content (AvgIpc) is 3.15. The Kier molecular flexibility index (Phi) is 5.39. The standard InChI is InChI=1S/C22H26FN5/c1-16(22-26-24-15-27(22)2)25-20-10-12-28(13-11-20)21-8-6-17(7-9-21)18-4-3-5-19(23)14-18/h3-9,14-16,20,25H,10-13H2,1-2H3/t16-/m1/s1. The number of aryl methyl sites for hydroxylation is 1. The van der Waals surface area contributed by atoms with E-state index in [-0.39, 0.29) is 11.9 Å². The Morgan fingerprint density at radius 2 is 1.82 bits per heavy atom. The molecule has 1 saturated heterocycles. The molecule has 0 bridgehead atoms. The van der Waals surface area contributed by atoms with E-state index in [4.69, 9.17) is 0 Å². The predicted octanol–water partition coefficient (Wildman–Crippen LogP) is 3.94. The SMILES string of the molecule is C[C@@H](NC1CCN(c2ccc(-c3cccc(F)c3)cc2)CC1)c1nncn1C. The van der Waals surface area contributed by atoms with Crippen LogP contribution in [0.1, 0.15) is 31.6 Å². The summed E-state index contributed by atoms with van der Waals surface area (Å²) in [6.45, 7) is 4.17. The molecule has 3 aromatic rings. The number of rotatable bonds is 5. The first kappa shape index (κ1) is 18.6. The summed E-state index contributed by atoms with van der Waals surface area (Å²) < 4.78 is 15.4. The molecule has 1 N–H and O–H groups in total. The molecule has 1 aliphatic rings. The second kappa shape index (κ2) is 8.10. The summed E-state index contributed by atoms with van der Waals surface area (Å²) in [5.74, 6) is 0.766. The molecular weight excluding hydrogens is 353 g/mol. The minimum atomic E-state index is -0.202. The highest BCUT2D eigenvalue weighted by molar-refractivity contribution is 5.66. The van der Waals surface area contributed by atoms with Crippen LogP contribution in [0.15, 0.2) is 54.9 Å². The summed E-state index contributed by atoms with van der Waals surface area (Å²) in [6.07, 6.45) is 3.92. The topological polar surface area (TPSA) is 46.0 Å². The van der Waals surface area contributed by atoms with Crippen molar-refractivity contribution in [2.45, 2.75) is 31.8 Å². The summed E-state index contributed by atoms with van der Waals surface area (Å²) in [5.41, 5.74) is 3.17. The largest absolute Gasteiger partial charge is 0.371 e. The number of aromatic nitrogens is 3. The van der Waals surface area contributed by atoms with Gasteiger partial charge in [-0.3, -0.25) is 0 Å². The zero-order chi connectivity index (χ0) is 19.5. The Bertz CT molecular complexity index is 913. The van der Waals surface area contributed by atoms with E-state index in [2.05, 4.69) is 51.6 Å². The number of piperidine rings is 1. The predicted molar refractivity (Wildman–Crippen MR) is 110 cm³/mol. The fourth-order valence-electron chi connectivity index (χ4n) is 3.95. The van der Waals surface area contributed by atoms with Crippen molar-refractivity contribution in [2.24, 2.45) is 7.05 Å². The van der Waals surface area contributed by atoms with Crippen LogP contribution >= 0.6 is 0 Å². The molecule has 0 saturated carbocycles. The third-order valence-corrected chi connectivity index (χ3v) is 5.50. The Morgan fingerprint density at radius 1 is 1.07 bits per heavy atom. The van der Waals surface area contributed by atoms with Crippen LogP contribution in [-0.4, -0.2) is 33.9 Å². The van der Waals surface area contributed by atoms with Crippen LogP contribution in [0.5, 0.6) is 0 Å². The molecular formula is C22H26FN5. The van der Waals surface area contributed by atoms with Crippen LogP contribution < -0.4 is 10.2 Å². The molecule has 0 aliphatic carbocycles. The van der Waals surface area contributed by atoms with Crippen molar-refractivity contribution in [1.82, 2.24) is 20.1 Å². The fraction of sp³-hybridized carbons (Fsp3) is 0.364. The molecule has 5 nitrogen and oxygen atoms in total. The van der Waals surface area contributed by atoms with E-state index < -0.39 is 0 Å². The number of anilines is 1. The molecule has 0 spiro atoms. The van der Waals surface area contributed by atoms with Gasteiger partial charge in [-0.1, -0.05) is 24.3 Å². The molecule has 1 aliphatic heterocycles. The van der Waals surface area contributed by atoms with Gasteiger partial charge in [0.05, 0.1) is 6.04 Å². The van der Waals surface area contributed by atoms with Crippen molar-refractivity contribution in [3.8, 4) is 11.1 Å². The number of halogens is 1. The lowest BCUT2D eigenvalue weighted by atomic mass is 10.0. The quantitative estimate of drug-likeness (QED) is 0.729. The molecule has 2 aromatic carbocycles. The van der Waals surface area contributed by atoms with Crippen molar-refractivity contribution in [1.29, 1.82) is 0 Å². The number of benzene rings is 2. The minimum Gasteiger partial charge on any atom is -0.371 e. The Balaban J connectivity index is 1.34. The van der Waals surface area contributed by atoms with Gasteiger partial charge in [0.1, 0.15) is 18.0 Å². The average molecular weight is 379 g/mol. The van der Waals surface area contributed by atoms with Gasteiger partial charge in [-0.2, -0.15) is 0 Å². The molecule has 6 heteroatoms. The molecule has 0 unspecified atom stereocenters. The maximum absolute atomic E-state index is 13.4. The molecule has 0 amide bonds. The lowest BCUT2D eigenvalue weighted by Gasteiger charge is -2.35. The van der Waals surface area contributed by atoms with Crippen LogP contribution in [-0.2, 0) is 7.05 Å². The van der Waals surface area contributed by atoms with Crippen LogP contribution in [0.4, 0.5) is 10.1 Å². The lowest BCUT2D eigenvalue weighted by molar-refractivity contribution is 0.370. The van der Waals surface area contributed by atoms with Gasteiger partial charge in [0.25, 0.3) is 0 Å². The first-order valence-corrected chi connectivity index (χ1v) is 9.81. The Hall–Kier alpha value is -2.73. The molecule has 146 valence electrons. The third kappa shape index (κ3) is 4.07. The summed E-state index contributed by atoms with van der Waals surface area (Å²) >= 11 is 0. The number of hydrogen-bond acceptors (Lipinski definition) is 4. The van der Waals surface area contributed by atoms with Crippen molar-refractivity contribution >= 4 is 5.69 Å². The molecule has 4 rings (SSSR count). The zero-order valence-corrected chi connectivity index (χ0v) is 16.3. The van der Waals surface area contributed by atoms with Gasteiger partial charge in [0.15, 0.2) is 0 Å². The molecule has 1 atom stereocenters. The van der Waals surface area contributed by atoms with E-state index in [1.165, 1.54) is 11.8 Å². The Labute approximate surface area is 165 Å². The summed E-state index contributed by atoms with van der Waals surface area (Å²) in [4.78, 5) is 2.42. The van der Waals surface area contributed by atoms with Crippen molar-refractivity contribution in [3.63, 3.8) is 0 Å². The van der Waals surface area contributed by atoms with E-state index in [0.717, 1.165) is 42.9 Å².